The first-order valence-electron chi connectivity index (χ1n) is 10.8. The molecule has 5 N–H and O–H groups in total. The first-order valence-corrected chi connectivity index (χ1v) is 12.5. The third kappa shape index (κ3) is 7.34. The maximum absolute atomic E-state index is 12.5. The average Bonchev–Trinajstić information content (AvgIpc) is 3.40. The number of carbonyl (C=O) groups excluding carboxylic acids is 2. The predicted octanol–water partition coefficient (Wildman–Crippen LogP) is 2.94. The third-order valence-electron chi connectivity index (χ3n) is 5.13. The Bertz CT molecular complexity index is 1330. The van der Waals surface area contributed by atoms with Crippen molar-refractivity contribution < 1.29 is 32.7 Å². The first kappa shape index (κ1) is 27.3. The van der Waals surface area contributed by atoms with Gasteiger partial charge in [0.1, 0.15) is 10.7 Å². The van der Waals surface area contributed by atoms with Crippen molar-refractivity contribution in [1.29, 1.82) is 0 Å². The SMILES string of the molecule is NC(=O)CCc1csc(NC(=O)CCc2nc3sc4c(c3c(=O)[nH]2)CCCC4)n1.O=C(O)C(F)(F)F. The number of amides is 2. The van der Waals surface area contributed by atoms with Gasteiger partial charge in [-0.15, -0.1) is 22.7 Å². The number of nitrogens with two attached hydrogens (primary N) is 1. The minimum Gasteiger partial charge on any atom is -0.475 e. The van der Waals surface area contributed by atoms with Crippen LogP contribution in [0.4, 0.5) is 18.3 Å². The number of hydrogen-bond donors (Lipinski definition) is 4. The second kappa shape index (κ2) is 11.6. The number of alkyl halides is 3. The number of aromatic amines is 1. The van der Waals surface area contributed by atoms with Gasteiger partial charge in [0, 0.05) is 29.5 Å². The number of fused-ring (bicyclic) bond motifs is 3. The van der Waals surface area contributed by atoms with Gasteiger partial charge in [-0.25, -0.2) is 14.8 Å². The molecule has 1 aliphatic rings. The number of primary amides is 1. The molecular formula is C21H22F3N5O5S2. The van der Waals surface area contributed by atoms with Gasteiger partial charge in [-0.05, 0) is 37.7 Å². The molecule has 15 heteroatoms. The number of hydrogen-bond acceptors (Lipinski definition) is 8. The molecule has 0 spiro atoms. The van der Waals surface area contributed by atoms with Crippen LogP contribution in [-0.4, -0.2) is 44.0 Å². The smallest absolute Gasteiger partial charge is 0.475 e. The van der Waals surface area contributed by atoms with Crippen LogP contribution in [0.1, 0.15) is 47.6 Å². The van der Waals surface area contributed by atoms with E-state index in [-0.39, 0.29) is 30.2 Å². The van der Waals surface area contributed by atoms with Crippen LogP contribution in [0.2, 0.25) is 0 Å². The highest BCUT2D eigenvalue weighted by Gasteiger charge is 2.38. The van der Waals surface area contributed by atoms with Crippen molar-refractivity contribution in [2.75, 3.05) is 5.32 Å². The zero-order chi connectivity index (χ0) is 26.5. The number of carboxylic acids is 1. The van der Waals surface area contributed by atoms with Crippen LogP contribution in [0.5, 0.6) is 0 Å². The number of anilines is 1. The van der Waals surface area contributed by atoms with Crippen molar-refractivity contribution >= 4 is 55.8 Å². The topological polar surface area (TPSA) is 168 Å². The summed E-state index contributed by atoms with van der Waals surface area (Å²) < 4.78 is 31.7. The number of H-pyrrole nitrogens is 1. The Hall–Kier alpha value is -3.33. The molecule has 3 aromatic rings. The van der Waals surface area contributed by atoms with Crippen LogP contribution in [0.25, 0.3) is 10.2 Å². The van der Waals surface area contributed by atoms with E-state index in [1.807, 2.05) is 0 Å². The standard InChI is InChI=1S/C19H21N5O3S2.C2HF3O2/c20-13(25)6-5-10-9-28-19(21-10)24-15(26)8-7-14-22-17(27)16-11-3-1-2-4-12(11)29-18(16)23-14;3-2(4,5)1(6)7/h9H,1-8H2,(H2,20,25)(H,21,24,26)(H,22,23,27);(H,6,7). The van der Waals surface area contributed by atoms with E-state index < -0.39 is 12.1 Å². The molecule has 3 aromatic heterocycles. The van der Waals surface area contributed by atoms with Gasteiger partial charge in [0.05, 0.1) is 11.1 Å². The molecule has 2 amide bonds. The van der Waals surface area contributed by atoms with Gasteiger partial charge >= 0.3 is 12.1 Å². The highest BCUT2D eigenvalue weighted by molar-refractivity contribution is 7.18. The number of thiazole rings is 1. The van der Waals surface area contributed by atoms with Gasteiger partial charge in [-0.2, -0.15) is 13.2 Å². The number of aryl methyl sites for hydroxylation is 4. The summed E-state index contributed by atoms with van der Waals surface area (Å²) >= 11 is 2.91. The number of nitrogens with one attached hydrogen (secondary N) is 2. The van der Waals surface area contributed by atoms with Crippen molar-refractivity contribution in [3.63, 3.8) is 0 Å². The molecule has 3 heterocycles. The number of rotatable bonds is 7. The molecule has 0 saturated heterocycles. The fourth-order valence-corrected chi connectivity index (χ4v) is 5.51. The summed E-state index contributed by atoms with van der Waals surface area (Å²) in [5, 5.41) is 12.9. The number of carbonyl (C=O) groups is 3. The fraction of sp³-hybridized carbons (Fsp3) is 0.429. The molecule has 194 valence electrons. The van der Waals surface area contributed by atoms with Gasteiger partial charge in [-0.1, -0.05) is 0 Å². The number of carboxylic acid groups (broad SMARTS) is 1. The molecule has 1 aliphatic carbocycles. The molecule has 10 nitrogen and oxygen atoms in total. The lowest BCUT2D eigenvalue weighted by Crippen LogP contribution is -2.21. The summed E-state index contributed by atoms with van der Waals surface area (Å²) in [5.74, 6) is -2.81. The number of aliphatic carboxylic acids is 1. The van der Waals surface area contributed by atoms with Crippen molar-refractivity contribution in [3.8, 4) is 0 Å². The lowest BCUT2D eigenvalue weighted by Gasteiger charge is -2.09. The summed E-state index contributed by atoms with van der Waals surface area (Å²) in [6.45, 7) is 0. The minimum absolute atomic E-state index is 0.108. The van der Waals surface area contributed by atoms with Crippen LogP contribution in [0.3, 0.4) is 0 Å². The maximum atomic E-state index is 12.5. The van der Waals surface area contributed by atoms with Gasteiger partial charge in [0.2, 0.25) is 11.8 Å². The molecule has 0 bridgehead atoms. The van der Waals surface area contributed by atoms with Gasteiger partial charge in [0.25, 0.3) is 5.56 Å². The lowest BCUT2D eigenvalue weighted by molar-refractivity contribution is -0.192. The van der Waals surface area contributed by atoms with E-state index in [1.54, 1.807) is 16.7 Å². The van der Waals surface area contributed by atoms with E-state index in [1.165, 1.54) is 16.2 Å². The number of aromatic nitrogens is 3. The average molecular weight is 546 g/mol. The highest BCUT2D eigenvalue weighted by Crippen LogP contribution is 2.33. The molecule has 4 rings (SSSR count). The van der Waals surface area contributed by atoms with E-state index in [0.29, 0.717) is 23.8 Å². The van der Waals surface area contributed by atoms with Crippen molar-refractivity contribution in [1.82, 2.24) is 15.0 Å². The zero-order valence-electron chi connectivity index (χ0n) is 18.7. The molecular weight excluding hydrogens is 523 g/mol. The maximum Gasteiger partial charge on any atom is 0.490 e. The first-order chi connectivity index (χ1) is 16.9. The van der Waals surface area contributed by atoms with E-state index in [0.717, 1.165) is 47.2 Å². The minimum atomic E-state index is -5.08. The van der Waals surface area contributed by atoms with E-state index in [4.69, 9.17) is 15.6 Å². The Balaban J connectivity index is 0.000000454. The summed E-state index contributed by atoms with van der Waals surface area (Å²) in [6.07, 6.45) is 0.366. The van der Waals surface area contributed by atoms with Crippen LogP contribution in [0, 0.1) is 0 Å². The predicted molar refractivity (Wildman–Crippen MR) is 127 cm³/mol. The van der Waals surface area contributed by atoms with Crippen molar-refractivity contribution in [2.24, 2.45) is 5.73 Å². The normalized spacial score (nSPS) is 13.0. The Kier molecular flexibility index (Phi) is 8.79. The fourth-order valence-electron chi connectivity index (χ4n) is 3.47. The summed E-state index contributed by atoms with van der Waals surface area (Å²) in [4.78, 5) is 58.3. The monoisotopic (exact) mass is 545 g/mol. The van der Waals surface area contributed by atoms with Crippen molar-refractivity contribution in [2.45, 2.75) is 57.5 Å². The quantitative estimate of drug-likeness (QED) is 0.354. The molecule has 0 radical (unpaired) electrons. The molecule has 0 aromatic carbocycles. The van der Waals surface area contributed by atoms with Crippen LogP contribution in [-0.2, 0) is 40.1 Å². The molecule has 0 atom stereocenters. The van der Waals surface area contributed by atoms with Crippen LogP contribution < -0.4 is 16.6 Å². The summed E-state index contributed by atoms with van der Waals surface area (Å²) in [5.41, 5.74) is 6.91. The Morgan fingerprint density at radius 2 is 1.83 bits per heavy atom. The van der Waals surface area contributed by atoms with Crippen molar-refractivity contribution in [3.05, 3.63) is 37.7 Å². The number of nitrogens with zero attached hydrogens (tertiary/aromatic N) is 2. The summed E-state index contributed by atoms with van der Waals surface area (Å²) in [6, 6.07) is 0. The molecule has 0 unspecified atom stereocenters. The number of halogens is 3. The molecule has 0 saturated carbocycles. The van der Waals surface area contributed by atoms with Crippen LogP contribution in [0.15, 0.2) is 10.2 Å². The Morgan fingerprint density at radius 3 is 2.50 bits per heavy atom. The lowest BCUT2D eigenvalue weighted by atomic mass is 9.97. The van der Waals surface area contributed by atoms with Gasteiger partial charge < -0.3 is 21.1 Å². The Labute approximate surface area is 209 Å². The third-order valence-corrected chi connectivity index (χ3v) is 7.12. The second-order valence-electron chi connectivity index (χ2n) is 7.87. The number of thiophene rings is 1. The second-order valence-corrected chi connectivity index (χ2v) is 9.81. The molecule has 0 fully saturated rings. The highest BCUT2D eigenvalue weighted by atomic mass is 32.1. The van der Waals surface area contributed by atoms with E-state index >= 15 is 0 Å². The zero-order valence-corrected chi connectivity index (χ0v) is 20.4. The summed E-state index contributed by atoms with van der Waals surface area (Å²) in [7, 11) is 0. The van der Waals surface area contributed by atoms with Crippen LogP contribution >= 0.6 is 22.7 Å². The largest absolute Gasteiger partial charge is 0.490 e. The van der Waals surface area contributed by atoms with E-state index in [9.17, 15) is 27.6 Å². The van der Waals surface area contributed by atoms with Gasteiger partial charge in [0.15, 0.2) is 5.13 Å². The molecule has 36 heavy (non-hydrogen) atoms. The Morgan fingerprint density at radius 1 is 1.14 bits per heavy atom. The molecule has 0 aliphatic heterocycles. The van der Waals surface area contributed by atoms with Gasteiger partial charge in [-0.3, -0.25) is 14.4 Å². The van der Waals surface area contributed by atoms with E-state index in [2.05, 4.69) is 20.3 Å².